The molecule has 1 aliphatic heterocycles. The first-order valence-electron chi connectivity index (χ1n) is 9.46. The molecule has 1 amide bonds. The third kappa shape index (κ3) is 3.57. The zero-order chi connectivity index (χ0) is 20.5. The van der Waals surface area contributed by atoms with E-state index >= 15 is 0 Å². The van der Waals surface area contributed by atoms with Crippen molar-refractivity contribution in [3.63, 3.8) is 0 Å². The number of benzene rings is 3. The molecule has 0 spiro atoms. The van der Waals surface area contributed by atoms with Crippen molar-refractivity contribution in [2.24, 2.45) is 0 Å². The normalized spacial score (nSPS) is 13.7. The van der Waals surface area contributed by atoms with Crippen molar-refractivity contribution in [1.29, 1.82) is 0 Å². The van der Waals surface area contributed by atoms with Crippen molar-refractivity contribution in [1.82, 2.24) is 0 Å². The summed E-state index contributed by atoms with van der Waals surface area (Å²) in [6.07, 6.45) is 3.90. The number of hydrogen-bond acceptors (Lipinski definition) is 3. The van der Waals surface area contributed by atoms with Gasteiger partial charge in [-0.25, -0.2) is 0 Å². The average molecular weight is 383 g/mol. The predicted octanol–water partition coefficient (Wildman–Crippen LogP) is 5.30. The molecule has 0 radical (unpaired) electrons. The number of ketones is 1. The summed E-state index contributed by atoms with van der Waals surface area (Å²) >= 11 is 0. The quantitative estimate of drug-likeness (QED) is 0.611. The van der Waals surface area contributed by atoms with Gasteiger partial charge in [-0.1, -0.05) is 48.6 Å². The van der Waals surface area contributed by atoms with Gasteiger partial charge >= 0.3 is 0 Å². The lowest BCUT2D eigenvalue weighted by molar-refractivity contribution is -0.116. The molecule has 29 heavy (non-hydrogen) atoms. The zero-order valence-electron chi connectivity index (χ0n) is 16.3. The number of phenols is 1. The molecule has 0 fully saturated rings. The Kier molecular flexibility index (Phi) is 4.77. The number of carbonyl (C=O) groups is 2. The van der Waals surface area contributed by atoms with Crippen molar-refractivity contribution < 1.29 is 14.7 Å². The summed E-state index contributed by atoms with van der Waals surface area (Å²) in [4.78, 5) is 26.2. The number of amides is 1. The van der Waals surface area contributed by atoms with Crippen LogP contribution in [-0.4, -0.2) is 16.8 Å². The van der Waals surface area contributed by atoms with Crippen molar-refractivity contribution in [3.05, 3.63) is 82.9 Å². The Morgan fingerprint density at radius 2 is 1.66 bits per heavy atom. The highest BCUT2D eigenvalue weighted by molar-refractivity contribution is 6.01. The number of carbonyl (C=O) groups excluding carboxylic acids is 2. The first kappa shape index (κ1) is 18.7. The molecule has 4 nitrogen and oxygen atoms in total. The number of aromatic hydroxyl groups is 1. The SMILES string of the molecule is CC(=O)c1ccccc1-c1ccc2c(c1)CN(C(C)=O)c1ccc(O)cc1/C=C\2. The molecule has 0 aliphatic carbocycles. The van der Waals surface area contributed by atoms with Crippen LogP contribution in [0.5, 0.6) is 5.75 Å². The van der Waals surface area contributed by atoms with Crippen LogP contribution in [0.15, 0.2) is 60.7 Å². The fourth-order valence-corrected chi connectivity index (χ4v) is 3.75. The van der Waals surface area contributed by atoms with Crippen LogP contribution in [0, 0.1) is 0 Å². The van der Waals surface area contributed by atoms with Gasteiger partial charge in [-0.15, -0.1) is 0 Å². The predicted molar refractivity (Wildman–Crippen MR) is 116 cm³/mol. The lowest BCUT2D eigenvalue weighted by atomic mass is 9.93. The molecule has 0 aromatic heterocycles. The Morgan fingerprint density at radius 1 is 0.897 bits per heavy atom. The number of anilines is 1. The Bertz CT molecular complexity index is 1160. The number of phenolic OH excluding ortho intramolecular Hbond substituents is 1. The second-order valence-electron chi connectivity index (χ2n) is 7.20. The number of hydrogen-bond donors (Lipinski definition) is 1. The minimum absolute atomic E-state index is 0.0198. The van der Waals surface area contributed by atoms with Crippen molar-refractivity contribution in [2.75, 3.05) is 4.90 Å². The molecule has 0 atom stereocenters. The standard InChI is InChI=1S/C25H21NO3/c1-16(27)23-5-3-4-6-24(23)19-9-7-18-8-10-20-14-22(29)11-12-25(20)26(17(2)28)15-21(18)13-19/h3-14,29H,15H2,1-2H3/b10-8-. The average Bonchev–Trinajstić information content (AvgIpc) is 2.69. The Balaban J connectivity index is 1.86. The zero-order valence-corrected chi connectivity index (χ0v) is 16.3. The molecule has 1 heterocycles. The van der Waals surface area contributed by atoms with Gasteiger partial charge in [-0.3, -0.25) is 9.59 Å². The molecular weight excluding hydrogens is 362 g/mol. The molecule has 0 saturated heterocycles. The monoisotopic (exact) mass is 383 g/mol. The molecule has 0 unspecified atom stereocenters. The molecule has 3 aromatic rings. The minimum Gasteiger partial charge on any atom is -0.508 e. The highest BCUT2D eigenvalue weighted by atomic mass is 16.3. The smallest absolute Gasteiger partial charge is 0.224 e. The fourth-order valence-electron chi connectivity index (χ4n) is 3.75. The second-order valence-corrected chi connectivity index (χ2v) is 7.20. The van der Waals surface area contributed by atoms with Crippen molar-refractivity contribution in [2.45, 2.75) is 20.4 Å². The maximum Gasteiger partial charge on any atom is 0.224 e. The van der Waals surface area contributed by atoms with Gasteiger partial charge in [0.1, 0.15) is 5.75 Å². The van der Waals surface area contributed by atoms with Gasteiger partial charge in [-0.2, -0.15) is 0 Å². The molecule has 144 valence electrons. The third-order valence-electron chi connectivity index (χ3n) is 5.21. The molecule has 4 rings (SSSR count). The van der Waals surface area contributed by atoms with E-state index in [9.17, 15) is 14.7 Å². The van der Waals surface area contributed by atoms with Gasteiger partial charge in [0, 0.05) is 18.1 Å². The van der Waals surface area contributed by atoms with E-state index < -0.39 is 0 Å². The molecule has 4 heteroatoms. The van der Waals surface area contributed by atoms with Crippen molar-refractivity contribution in [3.8, 4) is 16.9 Å². The van der Waals surface area contributed by atoms with E-state index in [1.54, 1.807) is 30.0 Å². The molecule has 1 N–H and O–H groups in total. The number of fused-ring (bicyclic) bond motifs is 2. The van der Waals surface area contributed by atoms with Crippen LogP contribution in [-0.2, 0) is 11.3 Å². The van der Waals surface area contributed by atoms with Crippen LogP contribution >= 0.6 is 0 Å². The van der Waals surface area contributed by atoms with Gasteiger partial charge in [-0.05, 0) is 53.4 Å². The largest absolute Gasteiger partial charge is 0.508 e. The van der Waals surface area contributed by atoms with Crippen molar-refractivity contribution >= 4 is 29.5 Å². The lowest BCUT2D eigenvalue weighted by Gasteiger charge is -2.26. The van der Waals surface area contributed by atoms with Crippen LogP contribution in [0.2, 0.25) is 0 Å². The second kappa shape index (κ2) is 7.40. The van der Waals surface area contributed by atoms with Crippen LogP contribution in [0.3, 0.4) is 0 Å². The summed E-state index contributed by atoms with van der Waals surface area (Å²) < 4.78 is 0. The maximum atomic E-state index is 12.4. The number of Topliss-reactive ketones (excluding diaryl/α,β-unsaturated/α-hetero) is 1. The summed E-state index contributed by atoms with van der Waals surface area (Å²) in [5, 5.41) is 9.84. The van der Waals surface area contributed by atoms with Gasteiger partial charge in [0.15, 0.2) is 5.78 Å². The highest BCUT2D eigenvalue weighted by Gasteiger charge is 2.19. The summed E-state index contributed by atoms with van der Waals surface area (Å²) in [7, 11) is 0. The Morgan fingerprint density at radius 3 is 2.41 bits per heavy atom. The highest BCUT2D eigenvalue weighted by Crippen LogP contribution is 2.33. The van der Waals surface area contributed by atoms with Gasteiger partial charge < -0.3 is 10.0 Å². The summed E-state index contributed by atoms with van der Waals surface area (Å²) in [6, 6.07) is 18.6. The summed E-state index contributed by atoms with van der Waals surface area (Å²) in [5.41, 5.74) is 6.04. The lowest BCUT2D eigenvalue weighted by Crippen LogP contribution is -2.29. The van der Waals surface area contributed by atoms with Crippen LogP contribution < -0.4 is 4.90 Å². The third-order valence-corrected chi connectivity index (χ3v) is 5.21. The molecule has 0 saturated carbocycles. The minimum atomic E-state index is -0.0762. The number of rotatable bonds is 2. The van der Waals surface area contributed by atoms with E-state index in [1.165, 1.54) is 6.92 Å². The van der Waals surface area contributed by atoms with Crippen LogP contribution in [0.1, 0.15) is 40.9 Å². The van der Waals surface area contributed by atoms with Gasteiger partial charge in [0.25, 0.3) is 0 Å². The first-order chi connectivity index (χ1) is 13.9. The Hall–Kier alpha value is -3.66. The van der Waals surface area contributed by atoms with Crippen LogP contribution in [0.25, 0.3) is 23.3 Å². The van der Waals surface area contributed by atoms with E-state index in [0.29, 0.717) is 12.1 Å². The first-order valence-corrected chi connectivity index (χ1v) is 9.46. The van der Waals surface area contributed by atoms with E-state index in [-0.39, 0.29) is 17.4 Å². The molecule has 1 aliphatic rings. The van der Waals surface area contributed by atoms with E-state index in [4.69, 9.17) is 0 Å². The maximum absolute atomic E-state index is 12.4. The summed E-state index contributed by atoms with van der Waals surface area (Å²) in [6.45, 7) is 3.51. The fraction of sp³-hybridized carbons (Fsp3) is 0.120. The van der Waals surface area contributed by atoms with E-state index in [1.807, 2.05) is 54.6 Å². The van der Waals surface area contributed by atoms with Gasteiger partial charge in [0.2, 0.25) is 5.91 Å². The molecule has 3 aromatic carbocycles. The molecule has 0 bridgehead atoms. The number of nitrogens with zero attached hydrogens (tertiary/aromatic N) is 1. The van der Waals surface area contributed by atoms with Crippen LogP contribution in [0.4, 0.5) is 5.69 Å². The van der Waals surface area contributed by atoms with Gasteiger partial charge in [0.05, 0.1) is 12.2 Å². The van der Waals surface area contributed by atoms with E-state index in [2.05, 4.69) is 0 Å². The topological polar surface area (TPSA) is 57.6 Å². The molecular formula is C25H21NO3. The Labute approximate surface area is 169 Å². The summed E-state index contributed by atoms with van der Waals surface area (Å²) in [5.74, 6) is 0.105. The van der Waals surface area contributed by atoms with E-state index in [0.717, 1.165) is 33.5 Å².